The number of carbonyl (C=O) groups excluding carboxylic acids is 1. The standard InChI is InChI=1S/C13H16N4O4/c1-4-21-10-6-5-9(7-11(10)19-2)13-14-16-17(15-13)8-12(18)20-3/h5-7H,4,8H2,1-3H3. The predicted molar refractivity (Wildman–Crippen MR) is 73.0 cm³/mol. The Morgan fingerprint density at radius 2 is 2.10 bits per heavy atom. The van der Waals surface area contributed by atoms with Crippen LogP contribution in [-0.4, -0.2) is 47.0 Å². The predicted octanol–water partition coefficient (Wildman–Crippen LogP) is 0.920. The van der Waals surface area contributed by atoms with Crippen LogP contribution in [0.2, 0.25) is 0 Å². The van der Waals surface area contributed by atoms with Gasteiger partial charge in [-0.3, -0.25) is 0 Å². The molecule has 0 aliphatic heterocycles. The molecular weight excluding hydrogens is 276 g/mol. The summed E-state index contributed by atoms with van der Waals surface area (Å²) in [7, 11) is 2.86. The lowest BCUT2D eigenvalue weighted by Gasteiger charge is -2.09. The molecule has 2 rings (SSSR count). The minimum atomic E-state index is -0.441. The van der Waals surface area contributed by atoms with Gasteiger partial charge in [0.25, 0.3) is 0 Å². The molecule has 1 aromatic carbocycles. The van der Waals surface area contributed by atoms with E-state index in [0.29, 0.717) is 29.5 Å². The van der Waals surface area contributed by atoms with Gasteiger partial charge in [-0.05, 0) is 30.3 Å². The summed E-state index contributed by atoms with van der Waals surface area (Å²) in [4.78, 5) is 12.3. The summed E-state index contributed by atoms with van der Waals surface area (Å²) in [5.74, 6) is 1.17. The van der Waals surface area contributed by atoms with Gasteiger partial charge in [0.1, 0.15) is 0 Å². The van der Waals surface area contributed by atoms with Gasteiger partial charge >= 0.3 is 5.97 Å². The molecule has 0 atom stereocenters. The Kier molecular flexibility index (Phi) is 4.70. The summed E-state index contributed by atoms with van der Waals surface area (Å²) in [5.41, 5.74) is 0.714. The minimum Gasteiger partial charge on any atom is -0.493 e. The maximum Gasteiger partial charge on any atom is 0.329 e. The molecular formula is C13H16N4O4. The normalized spacial score (nSPS) is 10.2. The molecule has 1 aromatic heterocycles. The van der Waals surface area contributed by atoms with Crippen molar-refractivity contribution in [3.8, 4) is 22.9 Å². The molecule has 0 N–H and O–H groups in total. The van der Waals surface area contributed by atoms with Crippen molar-refractivity contribution in [2.24, 2.45) is 0 Å². The third-order valence-corrected chi connectivity index (χ3v) is 2.67. The molecule has 8 nitrogen and oxygen atoms in total. The highest BCUT2D eigenvalue weighted by Crippen LogP contribution is 2.31. The van der Waals surface area contributed by atoms with Crippen molar-refractivity contribution in [1.29, 1.82) is 0 Å². The Morgan fingerprint density at radius 1 is 1.29 bits per heavy atom. The van der Waals surface area contributed by atoms with E-state index in [1.807, 2.05) is 6.92 Å². The van der Waals surface area contributed by atoms with Crippen molar-refractivity contribution < 1.29 is 19.0 Å². The molecule has 0 fully saturated rings. The first kappa shape index (κ1) is 14.8. The van der Waals surface area contributed by atoms with Crippen molar-refractivity contribution in [2.75, 3.05) is 20.8 Å². The van der Waals surface area contributed by atoms with E-state index in [1.54, 1.807) is 25.3 Å². The second-order valence-electron chi connectivity index (χ2n) is 4.02. The van der Waals surface area contributed by atoms with Crippen molar-refractivity contribution >= 4 is 5.97 Å². The zero-order chi connectivity index (χ0) is 15.2. The summed E-state index contributed by atoms with van der Waals surface area (Å²) >= 11 is 0. The van der Waals surface area contributed by atoms with Crippen LogP contribution in [0.15, 0.2) is 18.2 Å². The van der Waals surface area contributed by atoms with Crippen molar-refractivity contribution in [2.45, 2.75) is 13.5 Å². The number of aromatic nitrogens is 4. The Balaban J connectivity index is 2.23. The molecule has 0 saturated carbocycles. The Labute approximate surface area is 121 Å². The highest BCUT2D eigenvalue weighted by atomic mass is 16.5. The van der Waals surface area contributed by atoms with Crippen molar-refractivity contribution in [3.05, 3.63) is 18.2 Å². The van der Waals surface area contributed by atoms with Gasteiger partial charge in [0.05, 0.1) is 20.8 Å². The molecule has 0 bridgehead atoms. The van der Waals surface area contributed by atoms with Crippen LogP contribution in [0.1, 0.15) is 6.92 Å². The molecule has 0 unspecified atom stereocenters. The van der Waals surface area contributed by atoms with Crippen LogP contribution < -0.4 is 9.47 Å². The van der Waals surface area contributed by atoms with Gasteiger partial charge in [0.15, 0.2) is 18.0 Å². The second-order valence-corrected chi connectivity index (χ2v) is 4.02. The number of esters is 1. The fraction of sp³-hybridized carbons (Fsp3) is 0.385. The quantitative estimate of drug-likeness (QED) is 0.731. The van der Waals surface area contributed by atoms with E-state index in [2.05, 4.69) is 20.1 Å². The molecule has 0 saturated heterocycles. The van der Waals surface area contributed by atoms with Gasteiger partial charge in [-0.1, -0.05) is 0 Å². The molecule has 0 aliphatic carbocycles. The molecule has 1 heterocycles. The van der Waals surface area contributed by atoms with E-state index in [1.165, 1.54) is 11.9 Å². The molecule has 0 aliphatic rings. The number of ether oxygens (including phenoxy) is 3. The average Bonchev–Trinajstić information content (AvgIpc) is 2.96. The van der Waals surface area contributed by atoms with Crippen LogP contribution in [0.5, 0.6) is 11.5 Å². The van der Waals surface area contributed by atoms with Crippen LogP contribution >= 0.6 is 0 Å². The van der Waals surface area contributed by atoms with E-state index in [0.717, 1.165) is 0 Å². The number of tetrazole rings is 1. The van der Waals surface area contributed by atoms with Crippen molar-refractivity contribution in [1.82, 2.24) is 20.2 Å². The first-order chi connectivity index (χ1) is 10.2. The number of methoxy groups -OCH3 is 2. The van der Waals surface area contributed by atoms with Crippen LogP contribution in [0.4, 0.5) is 0 Å². The monoisotopic (exact) mass is 292 g/mol. The lowest BCUT2D eigenvalue weighted by atomic mass is 10.2. The highest BCUT2D eigenvalue weighted by Gasteiger charge is 2.12. The van der Waals surface area contributed by atoms with Gasteiger partial charge in [0.2, 0.25) is 5.82 Å². The van der Waals surface area contributed by atoms with E-state index in [9.17, 15) is 4.79 Å². The lowest BCUT2D eigenvalue weighted by molar-refractivity contribution is -0.141. The number of hydrogen-bond acceptors (Lipinski definition) is 7. The van der Waals surface area contributed by atoms with E-state index < -0.39 is 5.97 Å². The summed E-state index contributed by atoms with van der Waals surface area (Å²) in [5, 5.41) is 11.8. The van der Waals surface area contributed by atoms with Gasteiger partial charge < -0.3 is 14.2 Å². The third-order valence-electron chi connectivity index (χ3n) is 2.67. The molecule has 0 spiro atoms. The summed E-state index contributed by atoms with van der Waals surface area (Å²) in [6, 6.07) is 5.33. The first-order valence-electron chi connectivity index (χ1n) is 6.33. The molecule has 2 aromatic rings. The third kappa shape index (κ3) is 3.47. The average molecular weight is 292 g/mol. The molecule has 0 amide bonds. The fourth-order valence-electron chi connectivity index (χ4n) is 1.69. The van der Waals surface area contributed by atoms with Gasteiger partial charge in [-0.15, -0.1) is 10.2 Å². The SMILES string of the molecule is CCOc1ccc(-c2nnn(CC(=O)OC)n2)cc1OC. The van der Waals surface area contributed by atoms with Crippen LogP contribution in [-0.2, 0) is 16.1 Å². The van der Waals surface area contributed by atoms with Crippen LogP contribution in [0.25, 0.3) is 11.4 Å². The number of hydrogen-bond donors (Lipinski definition) is 0. The second kappa shape index (κ2) is 6.69. The first-order valence-corrected chi connectivity index (χ1v) is 6.33. The number of nitrogens with zero attached hydrogens (tertiary/aromatic N) is 4. The fourth-order valence-corrected chi connectivity index (χ4v) is 1.69. The molecule has 112 valence electrons. The summed E-state index contributed by atoms with van der Waals surface area (Å²) in [6.45, 7) is 2.36. The zero-order valence-electron chi connectivity index (χ0n) is 12.1. The Bertz CT molecular complexity index is 626. The highest BCUT2D eigenvalue weighted by molar-refractivity contribution is 5.68. The number of carbonyl (C=O) groups is 1. The summed E-state index contributed by atoms with van der Waals surface area (Å²) in [6.07, 6.45) is 0. The lowest BCUT2D eigenvalue weighted by Crippen LogP contribution is -2.14. The van der Waals surface area contributed by atoms with Crippen molar-refractivity contribution in [3.63, 3.8) is 0 Å². The van der Waals surface area contributed by atoms with Crippen LogP contribution in [0, 0.1) is 0 Å². The van der Waals surface area contributed by atoms with E-state index >= 15 is 0 Å². The molecule has 0 radical (unpaired) electrons. The van der Waals surface area contributed by atoms with E-state index in [4.69, 9.17) is 9.47 Å². The minimum absolute atomic E-state index is 0.0857. The Morgan fingerprint density at radius 3 is 2.76 bits per heavy atom. The number of benzene rings is 1. The topological polar surface area (TPSA) is 88.4 Å². The maximum atomic E-state index is 11.2. The van der Waals surface area contributed by atoms with Gasteiger partial charge in [-0.2, -0.15) is 4.80 Å². The van der Waals surface area contributed by atoms with E-state index in [-0.39, 0.29) is 6.54 Å². The number of rotatable bonds is 6. The summed E-state index contributed by atoms with van der Waals surface area (Å²) < 4.78 is 15.3. The van der Waals surface area contributed by atoms with Gasteiger partial charge in [-0.25, -0.2) is 4.79 Å². The Hall–Kier alpha value is -2.64. The van der Waals surface area contributed by atoms with Crippen LogP contribution in [0.3, 0.4) is 0 Å². The van der Waals surface area contributed by atoms with Gasteiger partial charge in [0, 0.05) is 5.56 Å². The smallest absolute Gasteiger partial charge is 0.329 e. The molecule has 8 heteroatoms. The zero-order valence-corrected chi connectivity index (χ0v) is 12.1. The molecule has 21 heavy (non-hydrogen) atoms. The largest absolute Gasteiger partial charge is 0.493 e. The maximum absolute atomic E-state index is 11.2.